The van der Waals surface area contributed by atoms with E-state index in [2.05, 4.69) is 9.88 Å². The predicted octanol–water partition coefficient (Wildman–Crippen LogP) is 2.76. The Morgan fingerprint density at radius 2 is 2.28 bits per heavy atom. The van der Waals surface area contributed by atoms with Gasteiger partial charge in [0.25, 0.3) is 0 Å². The summed E-state index contributed by atoms with van der Waals surface area (Å²) in [7, 11) is 0. The molecule has 1 saturated heterocycles. The number of aromatic nitrogens is 1. The van der Waals surface area contributed by atoms with E-state index in [1.807, 2.05) is 0 Å². The van der Waals surface area contributed by atoms with Crippen LogP contribution < -0.4 is 4.90 Å². The Hall–Kier alpha value is -0.650. The van der Waals surface area contributed by atoms with Crippen LogP contribution in [0.4, 0.5) is 5.13 Å². The molecule has 2 heterocycles. The van der Waals surface area contributed by atoms with Crippen LogP contribution in [0.15, 0.2) is 0 Å². The first-order chi connectivity index (χ1) is 8.79. The van der Waals surface area contributed by atoms with Crippen LogP contribution in [0.3, 0.4) is 0 Å². The molecule has 1 aromatic rings. The molecule has 18 heavy (non-hydrogen) atoms. The molecule has 0 spiro atoms. The summed E-state index contributed by atoms with van der Waals surface area (Å²) in [5.74, 6) is 0. The van der Waals surface area contributed by atoms with Crippen LogP contribution in [-0.4, -0.2) is 36.6 Å². The summed E-state index contributed by atoms with van der Waals surface area (Å²) in [5.41, 5.74) is 0. The molecular weight excluding hydrogens is 272 g/mol. The normalized spacial score (nSPS) is 27.9. The van der Waals surface area contributed by atoms with Gasteiger partial charge in [0.1, 0.15) is 4.88 Å². The van der Waals surface area contributed by atoms with Gasteiger partial charge in [-0.15, -0.1) is 0 Å². The van der Waals surface area contributed by atoms with E-state index in [-0.39, 0.29) is 0 Å². The fraction of sp³-hybridized carbons (Fsp3) is 0.667. The second-order valence-electron chi connectivity index (χ2n) is 4.72. The summed E-state index contributed by atoms with van der Waals surface area (Å²) in [6, 6.07) is 0.397. The van der Waals surface area contributed by atoms with Crippen molar-refractivity contribution in [2.75, 3.05) is 18.1 Å². The molecule has 2 unspecified atom stereocenters. The molecule has 0 bridgehead atoms. The second-order valence-corrected chi connectivity index (χ2v) is 6.09. The number of ether oxygens (including phenoxy) is 1. The van der Waals surface area contributed by atoms with Crippen LogP contribution in [0.25, 0.3) is 0 Å². The van der Waals surface area contributed by atoms with Gasteiger partial charge < -0.3 is 9.64 Å². The van der Waals surface area contributed by atoms with Crippen molar-refractivity contribution in [3.8, 4) is 0 Å². The van der Waals surface area contributed by atoms with Gasteiger partial charge in [-0.05, 0) is 12.8 Å². The minimum atomic E-state index is 0.315. The average molecular weight is 287 g/mol. The van der Waals surface area contributed by atoms with Crippen molar-refractivity contribution in [1.82, 2.24) is 4.98 Å². The first-order valence-corrected chi connectivity index (χ1v) is 7.49. The zero-order valence-electron chi connectivity index (χ0n) is 9.97. The molecule has 1 aliphatic carbocycles. The zero-order valence-corrected chi connectivity index (χ0v) is 11.5. The third-order valence-electron chi connectivity index (χ3n) is 3.68. The molecule has 0 radical (unpaired) electrons. The lowest BCUT2D eigenvalue weighted by molar-refractivity contribution is -0.00868. The Morgan fingerprint density at radius 3 is 3.06 bits per heavy atom. The van der Waals surface area contributed by atoms with Gasteiger partial charge in [-0.1, -0.05) is 35.8 Å². The Morgan fingerprint density at radius 1 is 1.44 bits per heavy atom. The van der Waals surface area contributed by atoms with E-state index in [0.717, 1.165) is 37.4 Å². The Kier molecular flexibility index (Phi) is 3.54. The van der Waals surface area contributed by atoms with Gasteiger partial charge in [-0.25, -0.2) is 4.98 Å². The third kappa shape index (κ3) is 2.15. The topological polar surface area (TPSA) is 42.4 Å². The van der Waals surface area contributed by atoms with E-state index in [9.17, 15) is 4.79 Å². The van der Waals surface area contributed by atoms with E-state index in [1.54, 1.807) is 0 Å². The lowest BCUT2D eigenvalue weighted by Crippen LogP contribution is -2.52. The highest BCUT2D eigenvalue weighted by molar-refractivity contribution is 7.17. The maximum Gasteiger partial charge on any atom is 0.187 e. The SMILES string of the molecule is O=Cc1sc(N2CCOC3CCCCC32)nc1Cl. The minimum absolute atomic E-state index is 0.315. The number of hydrogen-bond acceptors (Lipinski definition) is 5. The van der Waals surface area contributed by atoms with E-state index in [0.29, 0.717) is 22.2 Å². The van der Waals surface area contributed by atoms with Crippen LogP contribution in [0.5, 0.6) is 0 Å². The van der Waals surface area contributed by atoms with E-state index < -0.39 is 0 Å². The Bertz CT molecular complexity index is 449. The smallest absolute Gasteiger partial charge is 0.187 e. The van der Waals surface area contributed by atoms with Gasteiger partial charge in [0.05, 0.1) is 18.8 Å². The van der Waals surface area contributed by atoms with Crippen molar-refractivity contribution in [3.63, 3.8) is 0 Å². The number of nitrogens with zero attached hydrogens (tertiary/aromatic N) is 2. The first kappa shape index (κ1) is 12.4. The molecule has 0 N–H and O–H groups in total. The fourth-order valence-electron chi connectivity index (χ4n) is 2.83. The Balaban J connectivity index is 1.86. The summed E-state index contributed by atoms with van der Waals surface area (Å²) in [6.45, 7) is 1.57. The van der Waals surface area contributed by atoms with E-state index >= 15 is 0 Å². The van der Waals surface area contributed by atoms with Crippen molar-refractivity contribution in [2.45, 2.75) is 37.8 Å². The van der Waals surface area contributed by atoms with Gasteiger partial charge in [0.15, 0.2) is 16.6 Å². The first-order valence-electron chi connectivity index (χ1n) is 6.29. The van der Waals surface area contributed by atoms with Crippen molar-refractivity contribution in [2.24, 2.45) is 0 Å². The molecule has 1 saturated carbocycles. The number of rotatable bonds is 2. The van der Waals surface area contributed by atoms with E-state index in [1.165, 1.54) is 24.2 Å². The van der Waals surface area contributed by atoms with Crippen LogP contribution in [0, 0.1) is 0 Å². The van der Waals surface area contributed by atoms with Crippen molar-refractivity contribution in [1.29, 1.82) is 0 Å². The highest BCUT2D eigenvalue weighted by Gasteiger charge is 2.35. The zero-order chi connectivity index (χ0) is 12.5. The number of halogens is 1. The standard InChI is InChI=1S/C12H15ClN2O2S/c13-11-10(7-16)18-12(14-11)15-5-6-17-9-4-2-1-3-8(9)15/h7-9H,1-6H2. The van der Waals surface area contributed by atoms with Crippen molar-refractivity contribution in [3.05, 3.63) is 10.0 Å². The van der Waals surface area contributed by atoms with Gasteiger partial charge >= 0.3 is 0 Å². The molecule has 2 aliphatic rings. The molecule has 0 aromatic carbocycles. The molecule has 1 aliphatic heterocycles. The van der Waals surface area contributed by atoms with Gasteiger partial charge in [0, 0.05) is 6.54 Å². The fourth-order valence-corrected chi connectivity index (χ4v) is 3.98. The highest BCUT2D eigenvalue weighted by Crippen LogP contribution is 2.35. The lowest BCUT2D eigenvalue weighted by atomic mass is 9.90. The molecule has 1 aromatic heterocycles. The van der Waals surface area contributed by atoms with Crippen LogP contribution in [0.1, 0.15) is 35.4 Å². The number of hydrogen-bond donors (Lipinski definition) is 0. The monoisotopic (exact) mass is 286 g/mol. The van der Waals surface area contributed by atoms with Gasteiger partial charge in [0.2, 0.25) is 0 Å². The summed E-state index contributed by atoms with van der Waals surface area (Å²) < 4.78 is 5.83. The van der Waals surface area contributed by atoms with Crippen LogP contribution in [0.2, 0.25) is 5.15 Å². The maximum absolute atomic E-state index is 10.8. The largest absolute Gasteiger partial charge is 0.374 e. The van der Waals surface area contributed by atoms with Gasteiger partial charge in [-0.2, -0.15) is 0 Å². The maximum atomic E-state index is 10.8. The minimum Gasteiger partial charge on any atom is -0.374 e. The molecular formula is C12H15ClN2O2S. The summed E-state index contributed by atoms with van der Waals surface area (Å²) in [4.78, 5) is 18.0. The van der Waals surface area contributed by atoms with Crippen LogP contribution >= 0.6 is 22.9 Å². The molecule has 0 amide bonds. The number of anilines is 1. The summed E-state index contributed by atoms with van der Waals surface area (Å²) in [5, 5.41) is 1.19. The van der Waals surface area contributed by atoms with Gasteiger partial charge in [-0.3, -0.25) is 4.79 Å². The van der Waals surface area contributed by atoms with Crippen LogP contribution in [-0.2, 0) is 4.74 Å². The number of aldehydes is 1. The molecule has 2 atom stereocenters. The van der Waals surface area contributed by atoms with Crippen molar-refractivity contribution < 1.29 is 9.53 Å². The molecule has 6 heteroatoms. The average Bonchev–Trinajstić information content (AvgIpc) is 2.79. The summed E-state index contributed by atoms with van der Waals surface area (Å²) in [6.07, 6.45) is 5.84. The summed E-state index contributed by atoms with van der Waals surface area (Å²) >= 11 is 7.33. The lowest BCUT2D eigenvalue weighted by Gasteiger charge is -2.43. The van der Waals surface area contributed by atoms with Crippen molar-refractivity contribution >= 4 is 34.4 Å². The molecule has 3 rings (SSSR count). The predicted molar refractivity (Wildman–Crippen MR) is 71.9 cm³/mol. The molecule has 98 valence electrons. The number of morpholine rings is 1. The van der Waals surface area contributed by atoms with E-state index in [4.69, 9.17) is 16.3 Å². The second kappa shape index (κ2) is 5.15. The Labute approximate surface area is 115 Å². The quantitative estimate of drug-likeness (QED) is 0.784. The molecule has 4 nitrogen and oxygen atoms in total. The number of fused-ring (bicyclic) bond motifs is 1. The highest BCUT2D eigenvalue weighted by atomic mass is 35.5. The number of carbonyl (C=O) groups is 1. The number of carbonyl (C=O) groups excluding carboxylic acids is 1. The number of thiazole rings is 1. The molecule has 2 fully saturated rings. The third-order valence-corrected chi connectivity index (χ3v) is 5.10.